The van der Waals surface area contributed by atoms with Crippen molar-refractivity contribution in [3.8, 4) is 0 Å². The van der Waals surface area contributed by atoms with Crippen molar-refractivity contribution in [2.45, 2.75) is 33.0 Å². The number of hydrogen-bond donors (Lipinski definition) is 1. The molecule has 1 heterocycles. The van der Waals surface area contributed by atoms with E-state index in [1.807, 2.05) is 32.8 Å². The molecule has 6 heteroatoms. The van der Waals surface area contributed by atoms with E-state index in [-0.39, 0.29) is 11.9 Å². The van der Waals surface area contributed by atoms with E-state index in [0.717, 1.165) is 15.6 Å². The first-order chi connectivity index (χ1) is 8.45. The van der Waals surface area contributed by atoms with Crippen LogP contribution in [-0.2, 0) is 22.7 Å². The van der Waals surface area contributed by atoms with Gasteiger partial charge in [0, 0.05) is 12.0 Å². The van der Waals surface area contributed by atoms with Gasteiger partial charge in [0.05, 0.1) is 24.9 Å². The largest absolute Gasteiger partial charge is 0.378 e. The summed E-state index contributed by atoms with van der Waals surface area (Å²) in [6.07, 6.45) is 0. The second-order valence-electron chi connectivity index (χ2n) is 4.41. The molecule has 0 aliphatic heterocycles. The molecule has 1 amide bonds. The van der Waals surface area contributed by atoms with E-state index in [4.69, 9.17) is 4.74 Å². The smallest absolute Gasteiger partial charge is 0.237 e. The van der Waals surface area contributed by atoms with Crippen LogP contribution in [-0.4, -0.2) is 43.0 Å². The van der Waals surface area contributed by atoms with E-state index in [1.54, 1.807) is 18.4 Å². The summed E-state index contributed by atoms with van der Waals surface area (Å²) in [6.45, 7) is 4.88. The van der Waals surface area contributed by atoms with E-state index >= 15 is 0 Å². The van der Waals surface area contributed by atoms with E-state index in [2.05, 4.69) is 10.3 Å². The minimum Gasteiger partial charge on any atom is -0.378 e. The molecule has 0 spiro atoms. The Bertz CT molecular complexity index is 404. The summed E-state index contributed by atoms with van der Waals surface area (Å²) in [5.41, 5.74) is 0.963. The SMILES string of the molecule is COCc1nc(C)c(CNC(=O)C(C)N(C)C)s1. The number of methoxy groups -OCH3 is 1. The molecule has 0 saturated heterocycles. The van der Waals surface area contributed by atoms with Crippen molar-refractivity contribution in [2.24, 2.45) is 0 Å². The maximum absolute atomic E-state index is 11.8. The molecule has 18 heavy (non-hydrogen) atoms. The van der Waals surface area contributed by atoms with E-state index in [9.17, 15) is 4.79 Å². The van der Waals surface area contributed by atoms with Crippen LogP contribution >= 0.6 is 11.3 Å². The lowest BCUT2D eigenvalue weighted by Gasteiger charge is -2.18. The lowest BCUT2D eigenvalue weighted by atomic mass is 10.3. The quantitative estimate of drug-likeness (QED) is 0.843. The van der Waals surface area contributed by atoms with Gasteiger partial charge in [-0.05, 0) is 27.9 Å². The van der Waals surface area contributed by atoms with E-state index in [0.29, 0.717) is 13.2 Å². The summed E-state index contributed by atoms with van der Waals surface area (Å²) < 4.78 is 5.05. The van der Waals surface area contributed by atoms with Gasteiger partial charge in [0.15, 0.2) is 0 Å². The number of rotatable bonds is 6. The van der Waals surface area contributed by atoms with Gasteiger partial charge in [-0.3, -0.25) is 9.69 Å². The number of aromatic nitrogens is 1. The number of hydrogen-bond acceptors (Lipinski definition) is 5. The fraction of sp³-hybridized carbons (Fsp3) is 0.667. The topological polar surface area (TPSA) is 54.5 Å². The monoisotopic (exact) mass is 271 g/mol. The molecule has 0 aliphatic carbocycles. The summed E-state index contributed by atoms with van der Waals surface area (Å²) in [5.74, 6) is 0.0288. The predicted octanol–water partition coefficient (Wildman–Crippen LogP) is 1.16. The minimum absolute atomic E-state index is 0.0288. The molecule has 0 aliphatic rings. The Morgan fingerprint density at radius 2 is 2.22 bits per heavy atom. The summed E-state index contributed by atoms with van der Waals surface area (Å²) >= 11 is 1.58. The van der Waals surface area contributed by atoms with Crippen molar-refractivity contribution in [2.75, 3.05) is 21.2 Å². The maximum atomic E-state index is 11.8. The Kier molecular flexibility index (Phi) is 5.71. The lowest BCUT2D eigenvalue weighted by molar-refractivity contribution is -0.125. The van der Waals surface area contributed by atoms with Gasteiger partial charge in [0.25, 0.3) is 0 Å². The standard InChI is InChI=1S/C12H21N3O2S/c1-8-10(18-11(14-8)7-17-5)6-13-12(16)9(2)15(3)4/h9H,6-7H2,1-5H3,(H,13,16). The molecule has 0 fully saturated rings. The van der Waals surface area contributed by atoms with Gasteiger partial charge in [0.1, 0.15) is 5.01 Å². The first-order valence-corrected chi connectivity index (χ1v) is 6.65. The normalized spacial score (nSPS) is 12.8. The zero-order chi connectivity index (χ0) is 13.7. The summed E-state index contributed by atoms with van der Waals surface area (Å²) in [7, 11) is 5.43. The second kappa shape index (κ2) is 6.82. The molecule has 1 rings (SSSR count). The molecule has 1 N–H and O–H groups in total. The van der Waals surface area contributed by atoms with Crippen molar-refractivity contribution in [1.82, 2.24) is 15.2 Å². The molecule has 1 aromatic heterocycles. The summed E-state index contributed by atoms with van der Waals surface area (Å²) in [6, 6.07) is -0.128. The molecule has 0 bridgehead atoms. The molecule has 0 saturated carbocycles. The fourth-order valence-corrected chi connectivity index (χ4v) is 2.37. The van der Waals surface area contributed by atoms with Crippen LogP contribution in [0.2, 0.25) is 0 Å². The highest BCUT2D eigenvalue weighted by Crippen LogP contribution is 2.18. The third-order valence-corrected chi connectivity index (χ3v) is 3.91. The number of aryl methyl sites for hydroxylation is 1. The molecule has 0 radical (unpaired) electrons. The van der Waals surface area contributed by atoms with Gasteiger partial charge >= 0.3 is 0 Å². The highest BCUT2D eigenvalue weighted by molar-refractivity contribution is 7.11. The number of ether oxygens (including phenoxy) is 1. The molecule has 1 unspecified atom stereocenters. The molecule has 1 aromatic rings. The highest BCUT2D eigenvalue weighted by atomic mass is 32.1. The van der Waals surface area contributed by atoms with Crippen molar-refractivity contribution in [3.63, 3.8) is 0 Å². The molecule has 5 nitrogen and oxygen atoms in total. The van der Waals surface area contributed by atoms with Crippen molar-refractivity contribution in [1.29, 1.82) is 0 Å². The molecular formula is C12H21N3O2S. The molecular weight excluding hydrogens is 250 g/mol. The fourth-order valence-electron chi connectivity index (χ4n) is 1.39. The number of thiazole rings is 1. The Balaban J connectivity index is 2.55. The molecule has 0 aromatic carbocycles. The van der Waals surface area contributed by atoms with Crippen LogP contribution in [0.3, 0.4) is 0 Å². The molecule has 1 atom stereocenters. The number of carbonyl (C=O) groups is 1. The van der Waals surface area contributed by atoms with Gasteiger partial charge in [0.2, 0.25) is 5.91 Å². The van der Waals surface area contributed by atoms with Crippen LogP contribution in [0, 0.1) is 6.92 Å². The summed E-state index contributed by atoms with van der Waals surface area (Å²) in [5, 5.41) is 3.87. The van der Waals surface area contributed by atoms with Crippen molar-refractivity contribution in [3.05, 3.63) is 15.6 Å². The van der Waals surface area contributed by atoms with Crippen LogP contribution < -0.4 is 5.32 Å². The minimum atomic E-state index is -0.128. The number of likely N-dealkylation sites (N-methyl/N-ethyl adjacent to an activating group) is 1. The van der Waals surface area contributed by atoms with Crippen LogP contribution in [0.5, 0.6) is 0 Å². The average Bonchev–Trinajstić information content (AvgIpc) is 2.66. The number of nitrogens with zero attached hydrogens (tertiary/aromatic N) is 2. The van der Waals surface area contributed by atoms with E-state index < -0.39 is 0 Å². The Morgan fingerprint density at radius 1 is 1.56 bits per heavy atom. The Morgan fingerprint density at radius 3 is 2.78 bits per heavy atom. The number of amides is 1. The van der Waals surface area contributed by atoms with Crippen LogP contribution in [0.4, 0.5) is 0 Å². The van der Waals surface area contributed by atoms with Crippen LogP contribution in [0.15, 0.2) is 0 Å². The third kappa shape index (κ3) is 4.04. The Labute approximate surface area is 112 Å². The van der Waals surface area contributed by atoms with Gasteiger partial charge in [-0.2, -0.15) is 0 Å². The maximum Gasteiger partial charge on any atom is 0.237 e. The zero-order valence-corrected chi connectivity index (χ0v) is 12.4. The van der Waals surface area contributed by atoms with Gasteiger partial charge in [-0.1, -0.05) is 0 Å². The van der Waals surface area contributed by atoms with Crippen molar-refractivity contribution >= 4 is 17.2 Å². The number of nitrogens with one attached hydrogen (secondary N) is 1. The highest BCUT2D eigenvalue weighted by Gasteiger charge is 2.15. The third-order valence-electron chi connectivity index (χ3n) is 2.78. The predicted molar refractivity (Wildman–Crippen MR) is 72.6 cm³/mol. The average molecular weight is 271 g/mol. The summed E-state index contributed by atoms with van der Waals surface area (Å²) in [4.78, 5) is 19.2. The first kappa shape index (κ1) is 15.1. The number of carbonyl (C=O) groups excluding carboxylic acids is 1. The first-order valence-electron chi connectivity index (χ1n) is 5.84. The van der Waals surface area contributed by atoms with Crippen LogP contribution in [0.1, 0.15) is 22.5 Å². The second-order valence-corrected chi connectivity index (χ2v) is 5.57. The van der Waals surface area contributed by atoms with Crippen molar-refractivity contribution < 1.29 is 9.53 Å². The lowest BCUT2D eigenvalue weighted by Crippen LogP contribution is -2.41. The van der Waals surface area contributed by atoms with Crippen LogP contribution in [0.25, 0.3) is 0 Å². The zero-order valence-electron chi connectivity index (χ0n) is 11.6. The van der Waals surface area contributed by atoms with Gasteiger partial charge in [-0.25, -0.2) is 4.98 Å². The van der Waals surface area contributed by atoms with Gasteiger partial charge < -0.3 is 10.1 Å². The van der Waals surface area contributed by atoms with E-state index in [1.165, 1.54) is 0 Å². The molecule has 102 valence electrons. The Hall–Kier alpha value is -0.980. The van der Waals surface area contributed by atoms with Gasteiger partial charge in [-0.15, -0.1) is 11.3 Å².